The van der Waals surface area contributed by atoms with E-state index in [1.165, 1.54) is 25.3 Å². The molecule has 0 unspecified atom stereocenters. The Labute approximate surface area is 149 Å². The number of rotatable bonds is 7. The Hall–Kier alpha value is -3.42. The molecule has 0 spiro atoms. The van der Waals surface area contributed by atoms with Crippen LogP contribution in [0.1, 0.15) is 15.9 Å². The highest BCUT2D eigenvalue weighted by Crippen LogP contribution is 2.32. The van der Waals surface area contributed by atoms with E-state index in [-0.39, 0.29) is 37.2 Å². The monoisotopic (exact) mass is 359 g/mol. The van der Waals surface area contributed by atoms with E-state index < -0.39 is 5.97 Å². The second-order valence-corrected chi connectivity index (χ2v) is 5.42. The third kappa shape index (κ3) is 3.97. The van der Waals surface area contributed by atoms with Crippen LogP contribution in [0.2, 0.25) is 0 Å². The number of benzene rings is 2. The normalized spacial score (nSPS) is 11.7. The largest absolute Gasteiger partial charge is 0.497 e. The zero-order chi connectivity index (χ0) is 18.5. The van der Waals surface area contributed by atoms with Crippen LogP contribution in [-0.2, 0) is 11.3 Å². The van der Waals surface area contributed by atoms with E-state index in [1.54, 1.807) is 12.1 Å². The van der Waals surface area contributed by atoms with Gasteiger partial charge < -0.3 is 29.4 Å². The SMILES string of the molecule is COc1ccc(C(=O)O)c(OCC(=O)NCc2ccc3c(c2)OCO3)c1. The minimum Gasteiger partial charge on any atom is -0.497 e. The molecule has 1 amide bonds. The molecule has 8 heteroatoms. The smallest absolute Gasteiger partial charge is 0.339 e. The molecular weight excluding hydrogens is 342 g/mol. The Kier molecular flexibility index (Phi) is 5.12. The van der Waals surface area contributed by atoms with E-state index >= 15 is 0 Å². The summed E-state index contributed by atoms with van der Waals surface area (Å²) < 4.78 is 20.9. The Bertz CT molecular complexity index is 834. The van der Waals surface area contributed by atoms with Crippen molar-refractivity contribution in [3.63, 3.8) is 0 Å². The number of carbonyl (C=O) groups is 2. The quantitative estimate of drug-likeness (QED) is 0.777. The topological polar surface area (TPSA) is 103 Å². The Morgan fingerprint density at radius 2 is 1.96 bits per heavy atom. The van der Waals surface area contributed by atoms with Crippen LogP contribution in [-0.4, -0.2) is 37.5 Å². The van der Waals surface area contributed by atoms with Crippen LogP contribution in [0, 0.1) is 0 Å². The van der Waals surface area contributed by atoms with Crippen LogP contribution in [0.3, 0.4) is 0 Å². The molecule has 1 aliphatic rings. The highest BCUT2D eigenvalue weighted by Gasteiger charge is 2.15. The molecule has 0 atom stereocenters. The lowest BCUT2D eigenvalue weighted by atomic mass is 10.2. The number of carboxylic acid groups (broad SMARTS) is 1. The number of hydrogen-bond acceptors (Lipinski definition) is 6. The van der Waals surface area contributed by atoms with E-state index in [0.29, 0.717) is 17.2 Å². The zero-order valence-electron chi connectivity index (χ0n) is 14.0. The van der Waals surface area contributed by atoms with Crippen molar-refractivity contribution in [1.29, 1.82) is 0 Å². The molecule has 2 N–H and O–H groups in total. The maximum Gasteiger partial charge on any atom is 0.339 e. The van der Waals surface area contributed by atoms with Gasteiger partial charge in [0.25, 0.3) is 5.91 Å². The predicted molar refractivity (Wildman–Crippen MR) is 89.9 cm³/mol. The molecule has 0 bridgehead atoms. The molecule has 2 aromatic rings. The van der Waals surface area contributed by atoms with Gasteiger partial charge in [-0.3, -0.25) is 4.79 Å². The van der Waals surface area contributed by atoms with Crippen LogP contribution in [0.25, 0.3) is 0 Å². The van der Waals surface area contributed by atoms with Crippen LogP contribution in [0.4, 0.5) is 0 Å². The summed E-state index contributed by atoms with van der Waals surface area (Å²) in [6.45, 7) is 0.145. The number of aromatic carboxylic acids is 1. The van der Waals surface area contributed by atoms with Gasteiger partial charge in [-0.05, 0) is 29.8 Å². The van der Waals surface area contributed by atoms with Crippen LogP contribution in [0.15, 0.2) is 36.4 Å². The molecule has 0 radical (unpaired) electrons. The maximum atomic E-state index is 12.0. The number of carboxylic acids is 1. The van der Waals surface area contributed by atoms with E-state index in [4.69, 9.17) is 18.9 Å². The van der Waals surface area contributed by atoms with Crippen molar-refractivity contribution in [3.8, 4) is 23.0 Å². The van der Waals surface area contributed by atoms with Gasteiger partial charge in [0.2, 0.25) is 6.79 Å². The third-order valence-electron chi connectivity index (χ3n) is 3.70. The lowest BCUT2D eigenvalue weighted by Crippen LogP contribution is -2.28. The van der Waals surface area contributed by atoms with E-state index in [0.717, 1.165) is 5.56 Å². The minimum absolute atomic E-state index is 0.0469. The van der Waals surface area contributed by atoms with Crippen molar-refractivity contribution in [2.24, 2.45) is 0 Å². The van der Waals surface area contributed by atoms with Crippen LogP contribution >= 0.6 is 0 Å². The highest BCUT2D eigenvalue weighted by atomic mass is 16.7. The fourth-order valence-electron chi connectivity index (χ4n) is 2.37. The molecule has 8 nitrogen and oxygen atoms in total. The molecule has 0 aliphatic carbocycles. The minimum atomic E-state index is -1.15. The fraction of sp³-hybridized carbons (Fsp3) is 0.222. The summed E-state index contributed by atoms with van der Waals surface area (Å²) in [5, 5.41) is 11.9. The Morgan fingerprint density at radius 3 is 2.73 bits per heavy atom. The van der Waals surface area contributed by atoms with Crippen molar-refractivity contribution in [3.05, 3.63) is 47.5 Å². The first-order chi connectivity index (χ1) is 12.6. The summed E-state index contributed by atoms with van der Waals surface area (Å²) in [6.07, 6.45) is 0. The average molecular weight is 359 g/mol. The van der Waals surface area contributed by atoms with Crippen molar-refractivity contribution in [1.82, 2.24) is 5.32 Å². The lowest BCUT2D eigenvalue weighted by molar-refractivity contribution is -0.123. The Morgan fingerprint density at radius 1 is 1.15 bits per heavy atom. The zero-order valence-corrected chi connectivity index (χ0v) is 14.0. The number of amides is 1. The van der Waals surface area contributed by atoms with Gasteiger partial charge in [-0.15, -0.1) is 0 Å². The average Bonchev–Trinajstić information content (AvgIpc) is 3.12. The second-order valence-electron chi connectivity index (χ2n) is 5.42. The van der Waals surface area contributed by atoms with Gasteiger partial charge in [0.1, 0.15) is 17.1 Å². The molecule has 1 heterocycles. The maximum absolute atomic E-state index is 12.0. The standard InChI is InChI=1S/C18H17NO7/c1-23-12-3-4-13(18(21)22)15(7-12)24-9-17(20)19-8-11-2-5-14-16(6-11)26-10-25-14/h2-7H,8-10H2,1H3,(H,19,20)(H,21,22). The molecule has 136 valence electrons. The molecule has 1 aliphatic heterocycles. The van der Waals surface area contributed by atoms with E-state index in [9.17, 15) is 14.7 Å². The highest BCUT2D eigenvalue weighted by molar-refractivity contribution is 5.91. The molecule has 0 aromatic heterocycles. The summed E-state index contributed by atoms with van der Waals surface area (Å²) in [5.74, 6) is 0.268. The summed E-state index contributed by atoms with van der Waals surface area (Å²) in [5.41, 5.74) is 0.796. The van der Waals surface area contributed by atoms with Gasteiger partial charge in [0, 0.05) is 12.6 Å². The first-order valence-electron chi connectivity index (χ1n) is 7.76. The molecule has 0 saturated carbocycles. The predicted octanol–water partition coefficient (Wildman–Crippen LogP) is 1.82. The first-order valence-corrected chi connectivity index (χ1v) is 7.76. The molecule has 26 heavy (non-hydrogen) atoms. The number of ether oxygens (including phenoxy) is 4. The van der Waals surface area contributed by atoms with Crippen molar-refractivity contribution in [2.75, 3.05) is 20.5 Å². The number of nitrogens with one attached hydrogen (secondary N) is 1. The fourth-order valence-corrected chi connectivity index (χ4v) is 2.37. The van der Waals surface area contributed by atoms with Gasteiger partial charge >= 0.3 is 5.97 Å². The second kappa shape index (κ2) is 7.64. The van der Waals surface area contributed by atoms with Gasteiger partial charge in [-0.1, -0.05) is 6.07 Å². The van der Waals surface area contributed by atoms with E-state index in [1.807, 2.05) is 6.07 Å². The van der Waals surface area contributed by atoms with Gasteiger partial charge in [0.15, 0.2) is 18.1 Å². The van der Waals surface area contributed by atoms with Crippen LogP contribution < -0.4 is 24.3 Å². The number of hydrogen-bond donors (Lipinski definition) is 2. The summed E-state index contributed by atoms with van der Waals surface area (Å²) in [4.78, 5) is 23.2. The van der Waals surface area contributed by atoms with Crippen molar-refractivity contribution >= 4 is 11.9 Å². The molecule has 0 fully saturated rings. The van der Waals surface area contributed by atoms with E-state index in [2.05, 4.69) is 5.32 Å². The third-order valence-corrected chi connectivity index (χ3v) is 3.70. The van der Waals surface area contributed by atoms with Crippen molar-refractivity contribution < 1.29 is 33.6 Å². The summed E-state index contributed by atoms with van der Waals surface area (Å²) in [6, 6.07) is 9.68. The number of carbonyl (C=O) groups excluding carboxylic acids is 1. The Balaban J connectivity index is 1.56. The van der Waals surface area contributed by atoms with Crippen molar-refractivity contribution in [2.45, 2.75) is 6.54 Å². The number of methoxy groups -OCH3 is 1. The lowest BCUT2D eigenvalue weighted by Gasteiger charge is -2.11. The molecular formula is C18H17NO7. The van der Waals surface area contributed by atoms with Gasteiger partial charge in [-0.25, -0.2) is 4.79 Å². The first kappa shape index (κ1) is 17.4. The van der Waals surface area contributed by atoms with Gasteiger partial charge in [-0.2, -0.15) is 0 Å². The van der Waals surface area contributed by atoms with Crippen LogP contribution in [0.5, 0.6) is 23.0 Å². The summed E-state index contributed by atoms with van der Waals surface area (Å²) >= 11 is 0. The summed E-state index contributed by atoms with van der Waals surface area (Å²) in [7, 11) is 1.46. The molecule has 3 rings (SSSR count). The van der Waals surface area contributed by atoms with Gasteiger partial charge in [0.05, 0.1) is 7.11 Å². The molecule has 2 aromatic carbocycles. The number of fused-ring (bicyclic) bond motifs is 1. The molecule has 0 saturated heterocycles.